The number of imidazole rings is 2. The van der Waals surface area contributed by atoms with E-state index in [0.29, 0.717) is 30.4 Å². The Morgan fingerprint density at radius 2 is 1.18 bits per heavy atom. The fourth-order valence-electron chi connectivity index (χ4n) is 9.43. The van der Waals surface area contributed by atoms with Gasteiger partial charge in [0.15, 0.2) is 12.1 Å². The van der Waals surface area contributed by atoms with Gasteiger partial charge in [0.1, 0.15) is 34.2 Å². The molecule has 0 amide bonds. The van der Waals surface area contributed by atoms with Crippen molar-refractivity contribution in [3.05, 3.63) is 113 Å². The van der Waals surface area contributed by atoms with E-state index in [1.807, 2.05) is 36.5 Å². The van der Waals surface area contributed by atoms with Gasteiger partial charge in [-0.1, -0.05) is 46.5 Å². The van der Waals surface area contributed by atoms with Crippen molar-refractivity contribution >= 4 is 57.4 Å². The molecule has 2 unspecified atom stereocenters. The summed E-state index contributed by atoms with van der Waals surface area (Å²) in [5.41, 5.74) is 10.5. The molecule has 0 spiro atoms. The molecule has 6 aromatic rings. The molecule has 2 atom stereocenters. The van der Waals surface area contributed by atoms with Gasteiger partial charge in [0.25, 0.3) is 0 Å². The van der Waals surface area contributed by atoms with E-state index in [4.69, 9.17) is 9.97 Å². The van der Waals surface area contributed by atoms with E-state index in [0.717, 1.165) is 104 Å². The number of hydrogen-bond donors (Lipinski definition) is 2. The second kappa shape index (κ2) is 22.8. The van der Waals surface area contributed by atoms with Gasteiger partial charge in [-0.05, 0) is 125 Å². The number of aldehydes is 1. The molecule has 5 fully saturated rings. The van der Waals surface area contributed by atoms with Gasteiger partial charge in [0, 0.05) is 77.6 Å². The number of rotatable bonds is 9. The minimum atomic E-state index is -0.0713. The summed E-state index contributed by atoms with van der Waals surface area (Å²) in [5.74, 6) is 3.14. The molecule has 11 rings (SSSR count). The fraction of sp³-hybridized carbons (Fsp3) is 0.463. The van der Waals surface area contributed by atoms with Crippen LogP contribution in [0.5, 0.6) is 0 Å². The first-order valence-corrected chi connectivity index (χ1v) is 23.2. The molecular formula is C54H73N11O3. The number of piperidine rings is 1. The Morgan fingerprint density at radius 3 is 1.75 bits per heavy atom. The summed E-state index contributed by atoms with van der Waals surface area (Å²) < 4.78 is 0. The summed E-state index contributed by atoms with van der Waals surface area (Å²) >= 11 is 0. The van der Waals surface area contributed by atoms with E-state index in [9.17, 15) is 14.4 Å². The quantitative estimate of drug-likeness (QED) is 0.105. The number of carbonyl (C=O) groups excluding carboxylic acids is 3. The highest BCUT2D eigenvalue weighted by atomic mass is 16.1. The number of benzene rings is 2. The zero-order chi connectivity index (χ0) is 45.0. The van der Waals surface area contributed by atoms with Crippen LogP contribution in [0.3, 0.4) is 0 Å². The predicted octanol–water partition coefficient (Wildman–Crippen LogP) is 9.26. The van der Waals surface area contributed by atoms with Gasteiger partial charge < -0.3 is 29.6 Å². The third kappa shape index (κ3) is 11.8. The standard InChI is InChI=1S/C26H32N6O.C16H20N4O.C9H9NO.3CH4/c1-30-11-13-32(14-12-30)21-7-3-6-20-25(21)29-26(28-20)23-16-18(33)15-22(31(23)2)24-19(17-8-9-17)5-4-10-27-24;1-12(21)6-7-15-17-13-4-3-5-14(16(13)18-15)20-10-8-19(2)9-11-20;11-6-9-8(7-3-4-7)2-1-5-10-9;;;/h3-7,10,17,22-23H,8-9,11-16H2,1-2H3,(H,28,29);3-7H,8-11H2,1-2H3,(H,17,18);1-2,5-7H,3-4H2;3*1H4/b;7-6+;;;;. The molecule has 5 aliphatic rings. The van der Waals surface area contributed by atoms with Crippen LogP contribution < -0.4 is 9.80 Å². The van der Waals surface area contributed by atoms with Crippen LogP contribution in [0.4, 0.5) is 11.4 Å². The minimum Gasteiger partial charge on any atom is -0.367 e. The molecular weight excluding hydrogens is 851 g/mol. The number of likely N-dealkylation sites (tertiary alicyclic amines) is 1. The summed E-state index contributed by atoms with van der Waals surface area (Å²) in [7, 11) is 6.45. The number of nitrogens with one attached hydrogen (secondary N) is 2. The Balaban J connectivity index is 0.000000186. The number of ketones is 2. The highest BCUT2D eigenvalue weighted by Gasteiger charge is 2.39. The van der Waals surface area contributed by atoms with Crippen molar-refractivity contribution in [1.29, 1.82) is 0 Å². The number of carbonyl (C=O) groups is 3. The normalized spacial score (nSPS) is 20.1. The Hall–Kier alpha value is -6.09. The van der Waals surface area contributed by atoms with Gasteiger partial charge in [-0.15, -0.1) is 0 Å². The summed E-state index contributed by atoms with van der Waals surface area (Å²) in [6.07, 6.45) is 13.5. The number of likely N-dealkylation sites (N-methyl/N-ethyl adjacent to an activating group) is 2. The van der Waals surface area contributed by atoms with Crippen LogP contribution in [-0.2, 0) is 9.59 Å². The number of hydrogen-bond acceptors (Lipinski definition) is 12. The van der Waals surface area contributed by atoms with Gasteiger partial charge in [-0.3, -0.25) is 29.3 Å². The Bertz CT molecular complexity index is 2670. The molecule has 362 valence electrons. The van der Waals surface area contributed by atoms with E-state index in [2.05, 4.69) is 95.9 Å². The monoisotopic (exact) mass is 924 g/mol. The predicted molar refractivity (Wildman–Crippen MR) is 277 cm³/mol. The molecule has 2 saturated carbocycles. The van der Waals surface area contributed by atoms with Crippen molar-refractivity contribution in [2.75, 3.05) is 83.3 Å². The van der Waals surface area contributed by atoms with Gasteiger partial charge in [0.05, 0.1) is 40.2 Å². The number of nitrogens with zero attached hydrogens (tertiary/aromatic N) is 9. The number of H-pyrrole nitrogens is 2. The van der Waals surface area contributed by atoms with Crippen LogP contribution in [0.2, 0.25) is 0 Å². The molecule has 2 N–H and O–H groups in total. The largest absolute Gasteiger partial charge is 0.367 e. The first-order chi connectivity index (χ1) is 31.6. The number of Topliss-reactive ketones (excluding diaryl/α,β-unsaturated/α-hetero) is 1. The van der Waals surface area contributed by atoms with Crippen molar-refractivity contribution in [3.63, 3.8) is 0 Å². The summed E-state index contributed by atoms with van der Waals surface area (Å²) in [6, 6.07) is 20.6. The average Bonchev–Trinajstić information content (AvgIpc) is 4.27. The number of anilines is 2. The van der Waals surface area contributed by atoms with Gasteiger partial charge in [-0.25, -0.2) is 9.97 Å². The maximum Gasteiger partial charge on any atom is 0.168 e. The molecule has 2 aromatic carbocycles. The zero-order valence-corrected chi connectivity index (χ0v) is 38.1. The maximum absolute atomic E-state index is 12.9. The number of pyridine rings is 2. The molecule has 2 aliphatic carbocycles. The number of allylic oxidation sites excluding steroid dienone is 1. The van der Waals surface area contributed by atoms with Crippen molar-refractivity contribution in [2.24, 2.45) is 0 Å². The number of aromatic nitrogens is 6. The summed E-state index contributed by atoms with van der Waals surface area (Å²) in [5, 5.41) is 0. The van der Waals surface area contributed by atoms with Gasteiger partial charge in [0.2, 0.25) is 0 Å². The van der Waals surface area contributed by atoms with E-state index in [1.165, 1.54) is 55.6 Å². The fourth-order valence-corrected chi connectivity index (χ4v) is 9.43. The van der Waals surface area contributed by atoms with Crippen molar-refractivity contribution in [3.8, 4) is 0 Å². The summed E-state index contributed by atoms with van der Waals surface area (Å²) in [6.45, 7) is 9.83. The topological polar surface area (TPSA) is 151 Å². The first-order valence-electron chi connectivity index (χ1n) is 23.2. The van der Waals surface area contributed by atoms with Crippen molar-refractivity contribution < 1.29 is 14.4 Å². The average molecular weight is 924 g/mol. The third-order valence-electron chi connectivity index (χ3n) is 13.5. The van der Waals surface area contributed by atoms with Crippen LogP contribution in [0.15, 0.2) is 79.1 Å². The second-order valence-electron chi connectivity index (χ2n) is 18.4. The van der Waals surface area contributed by atoms with Crippen LogP contribution in [0.1, 0.15) is 131 Å². The minimum absolute atomic E-state index is 0. The van der Waals surface area contributed by atoms with Gasteiger partial charge >= 0.3 is 0 Å². The molecule has 3 saturated heterocycles. The number of fused-ring (bicyclic) bond motifs is 2. The zero-order valence-electron chi connectivity index (χ0n) is 38.1. The Kier molecular flexibility index (Phi) is 17.2. The van der Waals surface area contributed by atoms with E-state index >= 15 is 0 Å². The van der Waals surface area contributed by atoms with E-state index in [-0.39, 0.29) is 45.9 Å². The molecule has 0 radical (unpaired) electrons. The van der Waals surface area contributed by atoms with Crippen LogP contribution in [0, 0.1) is 0 Å². The lowest BCUT2D eigenvalue weighted by molar-refractivity contribution is -0.125. The molecule has 0 bridgehead atoms. The van der Waals surface area contributed by atoms with E-state index < -0.39 is 0 Å². The van der Waals surface area contributed by atoms with Crippen molar-refractivity contribution in [1.82, 2.24) is 44.6 Å². The van der Waals surface area contributed by atoms with Crippen LogP contribution >= 0.6 is 0 Å². The second-order valence-corrected chi connectivity index (χ2v) is 18.4. The number of aromatic amines is 2. The van der Waals surface area contributed by atoms with Crippen molar-refractivity contribution in [2.45, 2.75) is 91.6 Å². The third-order valence-corrected chi connectivity index (χ3v) is 13.5. The highest BCUT2D eigenvalue weighted by Crippen LogP contribution is 2.46. The molecule has 68 heavy (non-hydrogen) atoms. The molecule has 3 aliphatic heterocycles. The van der Waals surface area contributed by atoms with Gasteiger partial charge in [-0.2, -0.15) is 0 Å². The van der Waals surface area contributed by atoms with Crippen LogP contribution in [-0.4, -0.2) is 136 Å². The smallest absolute Gasteiger partial charge is 0.168 e. The molecule has 14 nitrogen and oxygen atoms in total. The Morgan fingerprint density at radius 1 is 0.647 bits per heavy atom. The Labute approximate surface area is 403 Å². The summed E-state index contributed by atoms with van der Waals surface area (Å²) in [4.78, 5) is 71.6. The molecule has 7 heterocycles. The molecule has 14 heteroatoms. The first kappa shape index (κ1) is 51.3. The lowest BCUT2D eigenvalue weighted by Crippen LogP contribution is -2.44. The molecule has 4 aromatic heterocycles. The van der Waals surface area contributed by atoms with Crippen LogP contribution in [0.25, 0.3) is 28.1 Å². The lowest BCUT2D eigenvalue weighted by Gasteiger charge is -2.38. The lowest BCUT2D eigenvalue weighted by atomic mass is 9.90. The SMILES string of the molecule is C.C.C.CC(=O)/C=C/c1nc2c(N3CCN(C)CC3)cccc2[nH]1.CN1CCN(c2cccc3[nH]c(C4CC(=O)CC(c5ncccc5C5CC5)N4C)nc23)CC1.O=Cc1ncccc1C1CC1. The van der Waals surface area contributed by atoms with E-state index in [1.54, 1.807) is 12.3 Å². The number of piperazine rings is 2. The highest BCUT2D eigenvalue weighted by molar-refractivity contribution is 5.93. The maximum atomic E-state index is 12.9. The number of para-hydroxylation sites is 2.